The zero-order valence-electron chi connectivity index (χ0n) is 11.9. The van der Waals surface area contributed by atoms with Crippen molar-refractivity contribution < 1.29 is 4.74 Å². The van der Waals surface area contributed by atoms with Crippen LogP contribution in [-0.2, 0) is 24.1 Å². The molecule has 0 radical (unpaired) electrons. The molecule has 1 aromatic heterocycles. The summed E-state index contributed by atoms with van der Waals surface area (Å²) in [7, 11) is 0. The SMILES string of the molecule is CC1CN(c2nc3c(cc2CN)CCC3)C(C)CO1. The van der Waals surface area contributed by atoms with Crippen molar-refractivity contribution in [2.45, 2.75) is 51.8 Å². The van der Waals surface area contributed by atoms with Gasteiger partial charge in [0.15, 0.2) is 0 Å². The maximum absolute atomic E-state index is 5.93. The van der Waals surface area contributed by atoms with Gasteiger partial charge in [-0.05, 0) is 44.7 Å². The molecule has 19 heavy (non-hydrogen) atoms. The Bertz CT molecular complexity index is 475. The Morgan fingerprint density at radius 1 is 1.42 bits per heavy atom. The van der Waals surface area contributed by atoms with Crippen molar-refractivity contribution in [1.82, 2.24) is 4.98 Å². The summed E-state index contributed by atoms with van der Waals surface area (Å²) in [6.45, 7) is 6.55. The van der Waals surface area contributed by atoms with E-state index in [0.717, 1.165) is 31.8 Å². The van der Waals surface area contributed by atoms with Crippen LogP contribution in [0.2, 0.25) is 0 Å². The standard InChI is InChI=1S/C15H23N3O/c1-10-9-19-11(2)8-18(10)15-13(7-16)6-12-4-3-5-14(12)17-15/h6,10-11H,3-5,7-9,16H2,1-2H3. The number of rotatable bonds is 2. The summed E-state index contributed by atoms with van der Waals surface area (Å²) in [6.07, 6.45) is 3.76. The second-order valence-corrected chi connectivity index (χ2v) is 5.78. The molecule has 2 heterocycles. The molecule has 1 aliphatic heterocycles. The Hall–Kier alpha value is -1.13. The molecule has 104 valence electrons. The Labute approximate surface area is 115 Å². The van der Waals surface area contributed by atoms with Crippen LogP contribution < -0.4 is 10.6 Å². The van der Waals surface area contributed by atoms with E-state index in [1.165, 1.54) is 23.2 Å². The first-order valence-electron chi connectivity index (χ1n) is 7.29. The van der Waals surface area contributed by atoms with E-state index >= 15 is 0 Å². The molecule has 1 fully saturated rings. The minimum absolute atomic E-state index is 0.261. The van der Waals surface area contributed by atoms with Crippen molar-refractivity contribution in [2.75, 3.05) is 18.1 Å². The van der Waals surface area contributed by atoms with Gasteiger partial charge in [0.1, 0.15) is 5.82 Å². The Kier molecular flexibility index (Phi) is 3.46. The molecule has 1 aliphatic carbocycles. The fourth-order valence-corrected chi connectivity index (χ4v) is 3.11. The molecule has 1 saturated heterocycles. The van der Waals surface area contributed by atoms with Crippen LogP contribution >= 0.6 is 0 Å². The minimum atomic E-state index is 0.261. The first kappa shape index (κ1) is 12.9. The fraction of sp³-hybridized carbons (Fsp3) is 0.667. The molecule has 2 N–H and O–H groups in total. The zero-order chi connectivity index (χ0) is 13.4. The molecule has 3 rings (SSSR count). The summed E-state index contributed by atoms with van der Waals surface area (Å²) >= 11 is 0. The van der Waals surface area contributed by atoms with E-state index in [2.05, 4.69) is 24.8 Å². The zero-order valence-corrected chi connectivity index (χ0v) is 11.9. The van der Waals surface area contributed by atoms with Gasteiger partial charge in [-0.1, -0.05) is 0 Å². The van der Waals surface area contributed by atoms with Crippen molar-refractivity contribution >= 4 is 5.82 Å². The summed E-state index contributed by atoms with van der Waals surface area (Å²) in [5.41, 5.74) is 9.79. The van der Waals surface area contributed by atoms with Crippen molar-refractivity contribution in [3.05, 3.63) is 22.9 Å². The molecule has 0 bridgehead atoms. The van der Waals surface area contributed by atoms with Gasteiger partial charge in [0, 0.05) is 24.3 Å². The van der Waals surface area contributed by atoms with Crippen molar-refractivity contribution in [2.24, 2.45) is 5.73 Å². The number of hydrogen-bond acceptors (Lipinski definition) is 4. The Morgan fingerprint density at radius 3 is 3.05 bits per heavy atom. The van der Waals surface area contributed by atoms with Crippen LogP contribution in [0.1, 0.15) is 37.1 Å². The molecule has 2 unspecified atom stereocenters. The van der Waals surface area contributed by atoms with Crippen LogP contribution in [0.15, 0.2) is 6.07 Å². The predicted molar refractivity (Wildman–Crippen MR) is 76.4 cm³/mol. The lowest BCUT2D eigenvalue weighted by atomic mass is 10.1. The van der Waals surface area contributed by atoms with E-state index in [1.807, 2.05) is 0 Å². The molecule has 0 aromatic carbocycles. The molecular weight excluding hydrogens is 238 g/mol. The summed E-state index contributed by atoms with van der Waals surface area (Å²) in [5.74, 6) is 1.09. The molecule has 2 aliphatic rings. The molecule has 0 amide bonds. The van der Waals surface area contributed by atoms with E-state index in [9.17, 15) is 0 Å². The lowest BCUT2D eigenvalue weighted by Gasteiger charge is -2.38. The van der Waals surface area contributed by atoms with E-state index < -0.39 is 0 Å². The van der Waals surface area contributed by atoms with Crippen molar-refractivity contribution in [3.8, 4) is 0 Å². The number of morpholine rings is 1. The van der Waals surface area contributed by atoms with Gasteiger partial charge < -0.3 is 15.4 Å². The largest absolute Gasteiger partial charge is 0.375 e. The molecule has 4 heteroatoms. The van der Waals surface area contributed by atoms with Crippen LogP contribution in [0, 0.1) is 0 Å². The summed E-state index contributed by atoms with van der Waals surface area (Å²) in [6, 6.07) is 2.64. The summed E-state index contributed by atoms with van der Waals surface area (Å²) in [5, 5.41) is 0. The molecule has 0 spiro atoms. The average molecular weight is 261 g/mol. The Balaban J connectivity index is 1.98. The highest BCUT2D eigenvalue weighted by atomic mass is 16.5. The molecule has 1 aromatic rings. The number of fused-ring (bicyclic) bond motifs is 1. The van der Waals surface area contributed by atoms with Crippen LogP contribution in [0.25, 0.3) is 0 Å². The molecule has 2 atom stereocenters. The summed E-state index contributed by atoms with van der Waals surface area (Å²) in [4.78, 5) is 7.29. The van der Waals surface area contributed by atoms with E-state index in [0.29, 0.717) is 12.6 Å². The minimum Gasteiger partial charge on any atom is -0.375 e. The molecule has 0 saturated carbocycles. The van der Waals surface area contributed by atoms with Gasteiger partial charge in [-0.2, -0.15) is 0 Å². The predicted octanol–water partition coefficient (Wildman–Crippen LogP) is 1.64. The maximum atomic E-state index is 5.93. The second-order valence-electron chi connectivity index (χ2n) is 5.78. The van der Waals surface area contributed by atoms with Gasteiger partial charge in [0.25, 0.3) is 0 Å². The van der Waals surface area contributed by atoms with E-state index in [1.54, 1.807) is 0 Å². The maximum Gasteiger partial charge on any atom is 0.133 e. The van der Waals surface area contributed by atoms with Crippen LogP contribution in [0.4, 0.5) is 5.82 Å². The number of aryl methyl sites for hydroxylation is 2. The average Bonchev–Trinajstić information content (AvgIpc) is 2.87. The van der Waals surface area contributed by atoms with Gasteiger partial charge in [0.2, 0.25) is 0 Å². The molecular formula is C15H23N3O. The highest BCUT2D eigenvalue weighted by Crippen LogP contribution is 2.29. The first-order chi connectivity index (χ1) is 9.19. The van der Waals surface area contributed by atoms with Gasteiger partial charge in [0.05, 0.1) is 18.8 Å². The third kappa shape index (κ3) is 2.35. The number of ether oxygens (including phenoxy) is 1. The first-order valence-corrected chi connectivity index (χ1v) is 7.29. The smallest absolute Gasteiger partial charge is 0.133 e. The lowest BCUT2D eigenvalue weighted by Crippen LogP contribution is -2.48. The third-order valence-electron chi connectivity index (χ3n) is 4.21. The Morgan fingerprint density at radius 2 is 2.26 bits per heavy atom. The van der Waals surface area contributed by atoms with Crippen molar-refractivity contribution in [1.29, 1.82) is 0 Å². The number of hydrogen-bond donors (Lipinski definition) is 1. The third-order valence-corrected chi connectivity index (χ3v) is 4.21. The van der Waals surface area contributed by atoms with E-state index in [-0.39, 0.29) is 6.10 Å². The number of anilines is 1. The van der Waals surface area contributed by atoms with Gasteiger partial charge in [-0.25, -0.2) is 4.98 Å². The quantitative estimate of drug-likeness (QED) is 0.879. The van der Waals surface area contributed by atoms with Gasteiger partial charge in [-0.15, -0.1) is 0 Å². The topological polar surface area (TPSA) is 51.4 Å². The van der Waals surface area contributed by atoms with Gasteiger partial charge in [-0.3, -0.25) is 0 Å². The number of nitrogens with zero attached hydrogens (tertiary/aromatic N) is 2. The monoisotopic (exact) mass is 261 g/mol. The molecule has 4 nitrogen and oxygen atoms in total. The number of pyridine rings is 1. The summed E-state index contributed by atoms with van der Waals surface area (Å²) < 4.78 is 5.71. The lowest BCUT2D eigenvalue weighted by molar-refractivity contribution is 0.0339. The second kappa shape index (κ2) is 5.10. The number of nitrogens with two attached hydrogens (primary N) is 1. The number of aromatic nitrogens is 1. The van der Waals surface area contributed by atoms with Crippen molar-refractivity contribution in [3.63, 3.8) is 0 Å². The highest BCUT2D eigenvalue weighted by Gasteiger charge is 2.27. The van der Waals surface area contributed by atoms with E-state index in [4.69, 9.17) is 15.5 Å². The highest BCUT2D eigenvalue weighted by molar-refractivity contribution is 5.52. The van der Waals surface area contributed by atoms with Crippen LogP contribution in [0.3, 0.4) is 0 Å². The van der Waals surface area contributed by atoms with Crippen LogP contribution in [-0.4, -0.2) is 30.3 Å². The van der Waals surface area contributed by atoms with Gasteiger partial charge >= 0.3 is 0 Å². The normalized spacial score (nSPS) is 26.6. The fourth-order valence-electron chi connectivity index (χ4n) is 3.11. The van der Waals surface area contributed by atoms with Crippen LogP contribution in [0.5, 0.6) is 0 Å².